The van der Waals surface area contributed by atoms with Crippen LogP contribution in [0.5, 0.6) is 5.75 Å². The van der Waals surface area contributed by atoms with Gasteiger partial charge in [0.15, 0.2) is 0 Å². The first kappa shape index (κ1) is 11.7. The average molecular weight is 235 g/mol. The second-order valence-electron chi connectivity index (χ2n) is 4.06. The Morgan fingerprint density at radius 3 is 2.76 bits per heavy atom. The first-order chi connectivity index (χ1) is 8.25. The molecule has 1 aliphatic heterocycles. The lowest BCUT2D eigenvalue weighted by Crippen LogP contribution is -2.34. The SMILES string of the molecule is O=C1NCCN1CCNCc1ccc(O)cc1. The Balaban J connectivity index is 1.66. The zero-order chi connectivity index (χ0) is 12.1. The fraction of sp³-hybridized carbons (Fsp3) is 0.417. The van der Waals surface area contributed by atoms with Gasteiger partial charge in [-0.3, -0.25) is 0 Å². The summed E-state index contributed by atoms with van der Waals surface area (Å²) in [6.07, 6.45) is 0. The molecule has 0 aliphatic carbocycles. The van der Waals surface area contributed by atoms with E-state index in [9.17, 15) is 4.79 Å². The Morgan fingerprint density at radius 1 is 1.35 bits per heavy atom. The van der Waals surface area contributed by atoms with Gasteiger partial charge in [0.05, 0.1) is 0 Å². The molecule has 1 aromatic carbocycles. The first-order valence-electron chi connectivity index (χ1n) is 5.77. The number of hydrogen-bond donors (Lipinski definition) is 3. The molecule has 3 N–H and O–H groups in total. The number of hydrogen-bond acceptors (Lipinski definition) is 3. The molecule has 0 atom stereocenters. The van der Waals surface area contributed by atoms with Gasteiger partial charge in [0.2, 0.25) is 0 Å². The molecular formula is C12H17N3O2. The van der Waals surface area contributed by atoms with Crippen molar-refractivity contribution < 1.29 is 9.90 Å². The predicted molar refractivity (Wildman–Crippen MR) is 64.8 cm³/mol. The van der Waals surface area contributed by atoms with E-state index in [4.69, 9.17) is 5.11 Å². The first-order valence-corrected chi connectivity index (χ1v) is 5.77. The Morgan fingerprint density at radius 2 is 2.12 bits per heavy atom. The summed E-state index contributed by atoms with van der Waals surface area (Å²) in [6.45, 7) is 3.78. The van der Waals surface area contributed by atoms with Gasteiger partial charge in [-0.05, 0) is 17.7 Å². The lowest BCUT2D eigenvalue weighted by molar-refractivity contribution is 0.217. The van der Waals surface area contributed by atoms with Gasteiger partial charge < -0.3 is 20.6 Å². The molecule has 92 valence electrons. The zero-order valence-corrected chi connectivity index (χ0v) is 9.65. The van der Waals surface area contributed by atoms with Crippen molar-refractivity contribution in [2.45, 2.75) is 6.54 Å². The van der Waals surface area contributed by atoms with Crippen LogP contribution in [0.1, 0.15) is 5.56 Å². The topological polar surface area (TPSA) is 64.6 Å². The van der Waals surface area contributed by atoms with E-state index in [0.717, 1.165) is 38.3 Å². The lowest BCUT2D eigenvalue weighted by atomic mass is 10.2. The van der Waals surface area contributed by atoms with Crippen molar-refractivity contribution >= 4 is 6.03 Å². The van der Waals surface area contributed by atoms with Crippen LogP contribution in [0.2, 0.25) is 0 Å². The highest BCUT2D eigenvalue weighted by molar-refractivity contribution is 5.76. The van der Waals surface area contributed by atoms with Crippen molar-refractivity contribution in [2.75, 3.05) is 26.2 Å². The molecule has 0 aromatic heterocycles. The molecule has 5 heteroatoms. The maximum Gasteiger partial charge on any atom is 0.317 e. The van der Waals surface area contributed by atoms with Gasteiger partial charge in [-0.15, -0.1) is 0 Å². The van der Waals surface area contributed by atoms with Crippen LogP contribution in [-0.4, -0.2) is 42.2 Å². The van der Waals surface area contributed by atoms with Crippen molar-refractivity contribution in [3.63, 3.8) is 0 Å². The number of carbonyl (C=O) groups is 1. The van der Waals surface area contributed by atoms with Crippen molar-refractivity contribution in [3.05, 3.63) is 29.8 Å². The van der Waals surface area contributed by atoms with E-state index in [1.807, 2.05) is 12.1 Å². The number of phenolic OH excluding ortho intramolecular Hbond substituents is 1. The molecule has 0 spiro atoms. The van der Waals surface area contributed by atoms with Gasteiger partial charge in [-0.25, -0.2) is 4.79 Å². The molecule has 0 unspecified atom stereocenters. The zero-order valence-electron chi connectivity index (χ0n) is 9.65. The van der Waals surface area contributed by atoms with Crippen LogP contribution in [0, 0.1) is 0 Å². The van der Waals surface area contributed by atoms with E-state index in [2.05, 4.69) is 10.6 Å². The summed E-state index contributed by atoms with van der Waals surface area (Å²) in [5, 5.41) is 15.2. The fourth-order valence-electron chi connectivity index (χ4n) is 1.79. The number of aromatic hydroxyl groups is 1. The molecule has 5 nitrogen and oxygen atoms in total. The number of nitrogens with zero attached hydrogens (tertiary/aromatic N) is 1. The molecule has 1 aromatic rings. The highest BCUT2D eigenvalue weighted by atomic mass is 16.3. The predicted octanol–water partition coefficient (Wildman–Crippen LogP) is 0.507. The van der Waals surface area contributed by atoms with Crippen LogP contribution in [0.15, 0.2) is 24.3 Å². The average Bonchev–Trinajstić information content (AvgIpc) is 2.73. The van der Waals surface area contributed by atoms with E-state index in [0.29, 0.717) is 0 Å². The Kier molecular flexibility index (Phi) is 3.82. The van der Waals surface area contributed by atoms with Crippen molar-refractivity contribution in [3.8, 4) is 5.75 Å². The lowest BCUT2D eigenvalue weighted by Gasteiger charge is -2.14. The highest BCUT2D eigenvalue weighted by Gasteiger charge is 2.17. The van der Waals surface area contributed by atoms with Crippen LogP contribution in [0.4, 0.5) is 4.79 Å². The minimum atomic E-state index is 0.0245. The number of amides is 2. The third-order valence-corrected chi connectivity index (χ3v) is 2.77. The van der Waals surface area contributed by atoms with Crippen LogP contribution < -0.4 is 10.6 Å². The molecular weight excluding hydrogens is 218 g/mol. The minimum absolute atomic E-state index is 0.0245. The monoisotopic (exact) mass is 235 g/mol. The molecule has 0 bridgehead atoms. The van der Waals surface area contributed by atoms with E-state index >= 15 is 0 Å². The number of benzene rings is 1. The number of phenols is 1. The summed E-state index contributed by atoms with van der Waals surface area (Å²) < 4.78 is 0. The molecule has 1 saturated heterocycles. The summed E-state index contributed by atoms with van der Waals surface area (Å²) >= 11 is 0. The molecule has 1 aliphatic rings. The van der Waals surface area contributed by atoms with Crippen molar-refractivity contribution in [2.24, 2.45) is 0 Å². The van der Waals surface area contributed by atoms with Gasteiger partial charge in [0, 0.05) is 32.7 Å². The minimum Gasteiger partial charge on any atom is -0.508 e. The highest BCUT2D eigenvalue weighted by Crippen LogP contribution is 2.08. The Hall–Kier alpha value is -1.75. The van der Waals surface area contributed by atoms with E-state index in [-0.39, 0.29) is 11.8 Å². The van der Waals surface area contributed by atoms with Crippen molar-refractivity contribution in [1.82, 2.24) is 15.5 Å². The van der Waals surface area contributed by atoms with Crippen LogP contribution in [0.25, 0.3) is 0 Å². The second kappa shape index (κ2) is 5.54. The fourth-order valence-corrected chi connectivity index (χ4v) is 1.79. The maximum atomic E-state index is 11.2. The van der Waals surface area contributed by atoms with Crippen LogP contribution in [0.3, 0.4) is 0 Å². The van der Waals surface area contributed by atoms with E-state index in [1.165, 1.54) is 0 Å². The molecule has 2 amide bonds. The summed E-state index contributed by atoms with van der Waals surface area (Å²) in [4.78, 5) is 13.0. The molecule has 1 fully saturated rings. The van der Waals surface area contributed by atoms with E-state index < -0.39 is 0 Å². The number of carbonyl (C=O) groups excluding carboxylic acids is 1. The molecule has 0 radical (unpaired) electrons. The second-order valence-corrected chi connectivity index (χ2v) is 4.06. The van der Waals surface area contributed by atoms with Gasteiger partial charge >= 0.3 is 6.03 Å². The molecule has 0 saturated carbocycles. The number of urea groups is 1. The molecule has 17 heavy (non-hydrogen) atoms. The summed E-state index contributed by atoms with van der Waals surface area (Å²) in [6, 6.07) is 7.13. The Labute approximate surface area is 100 Å². The molecule has 2 rings (SSSR count). The quantitative estimate of drug-likeness (QED) is 0.651. The summed E-state index contributed by atoms with van der Waals surface area (Å²) in [5.41, 5.74) is 1.12. The van der Waals surface area contributed by atoms with E-state index in [1.54, 1.807) is 17.0 Å². The van der Waals surface area contributed by atoms with Crippen LogP contribution >= 0.6 is 0 Å². The van der Waals surface area contributed by atoms with Gasteiger partial charge in [-0.2, -0.15) is 0 Å². The Bertz CT molecular complexity index is 378. The number of rotatable bonds is 5. The molecule has 1 heterocycles. The smallest absolute Gasteiger partial charge is 0.317 e. The van der Waals surface area contributed by atoms with Gasteiger partial charge in [-0.1, -0.05) is 12.1 Å². The summed E-state index contributed by atoms with van der Waals surface area (Å²) in [5.74, 6) is 0.280. The largest absolute Gasteiger partial charge is 0.508 e. The third kappa shape index (κ3) is 3.35. The van der Waals surface area contributed by atoms with Gasteiger partial charge in [0.1, 0.15) is 5.75 Å². The standard InChI is InChI=1S/C12H17N3O2/c16-11-3-1-10(2-4-11)9-13-5-7-15-8-6-14-12(15)17/h1-4,13,16H,5-9H2,(H,14,17). The van der Waals surface area contributed by atoms with Crippen LogP contribution in [-0.2, 0) is 6.54 Å². The third-order valence-electron chi connectivity index (χ3n) is 2.77. The maximum absolute atomic E-state index is 11.2. The normalized spacial score (nSPS) is 15.1. The van der Waals surface area contributed by atoms with Crippen molar-refractivity contribution in [1.29, 1.82) is 0 Å². The van der Waals surface area contributed by atoms with Gasteiger partial charge in [0.25, 0.3) is 0 Å². The summed E-state index contributed by atoms with van der Waals surface area (Å²) in [7, 11) is 0. The number of nitrogens with one attached hydrogen (secondary N) is 2.